The van der Waals surface area contributed by atoms with Gasteiger partial charge in [0.15, 0.2) is 0 Å². The molecule has 0 saturated carbocycles. The second kappa shape index (κ2) is 1.69. The first-order chi connectivity index (χ1) is 3.60. The third-order valence-electron chi connectivity index (χ3n) is 1.28. The minimum atomic E-state index is -0.370. The third kappa shape index (κ3) is 1.18. The Balaban J connectivity index is 2.44. The molecule has 0 aromatic rings. The fraction of sp³-hybridized carbons (Fsp3) is 1.00. The van der Waals surface area contributed by atoms with E-state index in [-0.39, 0.29) is 11.8 Å². The lowest BCUT2D eigenvalue weighted by Gasteiger charge is -2.14. The van der Waals surface area contributed by atoms with Gasteiger partial charge in [-0.05, 0) is 13.8 Å². The molecule has 0 aliphatic carbocycles. The first kappa shape index (κ1) is 6.01. The van der Waals surface area contributed by atoms with Gasteiger partial charge in [-0.15, -0.1) is 0 Å². The summed E-state index contributed by atoms with van der Waals surface area (Å²) in [6, 6.07) is 0. The molecule has 0 aromatic carbocycles. The van der Waals surface area contributed by atoms with E-state index in [9.17, 15) is 0 Å². The maximum atomic E-state index is 8.89. The van der Waals surface area contributed by atoms with Crippen molar-refractivity contribution in [1.82, 2.24) is 10.9 Å². The van der Waals surface area contributed by atoms with Crippen LogP contribution in [0.5, 0.6) is 0 Å². The van der Waals surface area contributed by atoms with Gasteiger partial charge in [-0.3, -0.25) is 0 Å². The van der Waals surface area contributed by atoms with Gasteiger partial charge >= 0.3 is 0 Å². The van der Waals surface area contributed by atoms with Crippen LogP contribution < -0.4 is 10.9 Å². The maximum Gasteiger partial charge on any atom is 0.118 e. The van der Waals surface area contributed by atoms with Crippen LogP contribution in [-0.4, -0.2) is 16.9 Å². The molecule has 1 heterocycles. The molecule has 3 N–H and O–H groups in total. The quantitative estimate of drug-likeness (QED) is 0.403. The van der Waals surface area contributed by atoms with Crippen molar-refractivity contribution < 1.29 is 5.11 Å². The summed E-state index contributed by atoms with van der Waals surface area (Å²) in [5.41, 5.74) is 5.72. The van der Waals surface area contributed by atoms with Crippen LogP contribution in [0.4, 0.5) is 0 Å². The van der Waals surface area contributed by atoms with E-state index in [0.29, 0.717) is 0 Å². The van der Waals surface area contributed by atoms with E-state index in [0.717, 1.165) is 6.42 Å². The molecule has 0 bridgehead atoms. The highest BCUT2D eigenvalue weighted by Crippen LogP contribution is 2.13. The lowest BCUT2D eigenvalue weighted by atomic mass is 10.0. The van der Waals surface area contributed by atoms with Crippen LogP contribution in [0.15, 0.2) is 0 Å². The molecule has 0 radical (unpaired) electrons. The van der Waals surface area contributed by atoms with Crippen molar-refractivity contribution in [2.24, 2.45) is 0 Å². The van der Waals surface area contributed by atoms with Gasteiger partial charge in [0.25, 0.3) is 0 Å². The van der Waals surface area contributed by atoms with Gasteiger partial charge < -0.3 is 5.11 Å². The molecule has 1 fully saturated rings. The standard InChI is InChI=1S/C5H12N2O/c1-5(2)3-4(8)6-7-5/h4,6-8H,3H2,1-2H3. The Kier molecular flexibility index (Phi) is 1.27. The van der Waals surface area contributed by atoms with Crippen LogP contribution in [0.3, 0.4) is 0 Å². The summed E-state index contributed by atoms with van der Waals surface area (Å²) in [6.45, 7) is 4.08. The number of hydrazine groups is 1. The Hall–Kier alpha value is -0.120. The predicted molar refractivity (Wildman–Crippen MR) is 31.0 cm³/mol. The van der Waals surface area contributed by atoms with Gasteiger partial charge in [0, 0.05) is 12.0 Å². The van der Waals surface area contributed by atoms with E-state index in [2.05, 4.69) is 10.9 Å². The first-order valence-electron chi connectivity index (χ1n) is 2.81. The minimum Gasteiger partial charge on any atom is -0.377 e. The lowest BCUT2D eigenvalue weighted by Crippen LogP contribution is -2.38. The highest BCUT2D eigenvalue weighted by molar-refractivity contribution is 4.83. The number of aliphatic hydroxyl groups is 1. The Bertz CT molecular complexity index is 92.4. The molecule has 0 aromatic heterocycles. The van der Waals surface area contributed by atoms with Crippen LogP contribution in [0.1, 0.15) is 20.3 Å². The van der Waals surface area contributed by atoms with E-state index in [1.54, 1.807) is 0 Å². The van der Waals surface area contributed by atoms with Gasteiger partial charge in [0.05, 0.1) is 0 Å². The van der Waals surface area contributed by atoms with Gasteiger partial charge in [0.1, 0.15) is 6.23 Å². The van der Waals surface area contributed by atoms with Crippen molar-refractivity contribution >= 4 is 0 Å². The highest BCUT2D eigenvalue weighted by Gasteiger charge is 2.27. The third-order valence-corrected chi connectivity index (χ3v) is 1.28. The van der Waals surface area contributed by atoms with E-state index >= 15 is 0 Å². The molecule has 48 valence electrons. The summed E-state index contributed by atoms with van der Waals surface area (Å²) in [6.07, 6.45) is 0.400. The predicted octanol–water partition coefficient (Wildman–Crippen LogP) is -0.419. The second-order valence-corrected chi connectivity index (χ2v) is 2.87. The van der Waals surface area contributed by atoms with Gasteiger partial charge in [0.2, 0.25) is 0 Å². The molecule has 1 saturated heterocycles. The zero-order valence-electron chi connectivity index (χ0n) is 5.23. The van der Waals surface area contributed by atoms with Crippen molar-refractivity contribution in [3.63, 3.8) is 0 Å². The zero-order chi connectivity index (χ0) is 6.20. The summed E-state index contributed by atoms with van der Waals surface area (Å²) >= 11 is 0. The Labute approximate surface area is 49.1 Å². The zero-order valence-corrected chi connectivity index (χ0v) is 5.23. The molecule has 0 amide bonds. The fourth-order valence-corrected chi connectivity index (χ4v) is 0.864. The molecule has 3 heteroatoms. The summed E-state index contributed by atoms with van der Waals surface area (Å²) in [5, 5.41) is 8.89. The highest BCUT2D eigenvalue weighted by atomic mass is 16.3. The first-order valence-corrected chi connectivity index (χ1v) is 2.81. The summed E-state index contributed by atoms with van der Waals surface area (Å²) in [7, 11) is 0. The maximum absolute atomic E-state index is 8.89. The average Bonchev–Trinajstić information content (AvgIpc) is 1.82. The molecule has 0 spiro atoms. The van der Waals surface area contributed by atoms with E-state index in [1.807, 2.05) is 13.8 Å². The van der Waals surface area contributed by atoms with E-state index < -0.39 is 0 Å². The Morgan fingerprint density at radius 3 is 2.38 bits per heavy atom. The molecular weight excluding hydrogens is 104 g/mol. The van der Waals surface area contributed by atoms with Crippen LogP contribution in [0.25, 0.3) is 0 Å². The molecule has 3 nitrogen and oxygen atoms in total. The van der Waals surface area contributed by atoms with Gasteiger partial charge in [-0.25, -0.2) is 10.9 Å². The molecular formula is C5H12N2O. The molecule has 1 aliphatic rings. The number of rotatable bonds is 0. The molecule has 8 heavy (non-hydrogen) atoms. The number of hydrogen-bond donors (Lipinski definition) is 3. The van der Waals surface area contributed by atoms with Gasteiger partial charge in [-0.1, -0.05) is 0 Å². The molecule has 1 rings (SSSR count). The number of nitrogens with one attached hydrogen (secondary N) is 2. The SMILES string of the molecule is CC1(C)CC(O)NN1. The normalized spacial score (nSPS) is 35.6. The smallest absolute Gasteiger partial charge is 0.118 e. The summed E-state index contributed by atoms with van der Waals surface area (Å²) in [5.74, 6) is 0. The largest absolute Gasteiger partial charge is 0.377 e. The van der Waals surface area contributed by atoms with Crippen LogP contribution in [0.2, 0.25) is 0 Å². The number of hydrogen-bond acceptors (Lipinski definition) is 3. The van der Waals surface area contributed by atoms with Crippen molar-refractivity contribution in [2.75, 3.05) is 0 Å². The van der Waals surface area contributed by atoms with Crippen molar-refractivity contribution in [1.29, 1.82) is 0 Å². The topological polar surface area (TPSA) is 44.3 Å². The second-order valence-electron chi connectivity index (χ2n) is 2.87. The fourth-order valence-electron chi connectivity index (χ4n) is 0.864. The van der Waals surface area contributed by atoms with E-state index in [1.165, 1.54) is 0 Å². The van der Waals surface area contributed by atoms with Crippen LogP contribution >= 0.6 is 0 Å². The summed E-state index contributed by atoms with van der Waals surface area (Å²) in [4.78, 5) is 0. The molecule has 1 atom stereocenters. The van der Waals surface area contributed by atoms with Crippen molar-refractivity contribution in [2.45, 2.75) is 32.0 Å². The minimum absolute atomic E-state index is 0.0550. The van der Waals surface area contributed by atoms with Crippen LogP contribution in [0, 0.1) is 0 Å². The Morgan fingerprint density at radius 1 is 1.62 bits per heavy atom. The average molecular weight is 116 g/mol. The van der Waals surface area contributed by atoms with Gasteiger partial charge in [-0.2, -0.15) is 0 Å². The van der Waals surface area contributed by atoms with E-state index in [4.69, 9.17) is 5.11 Å². The van der Waals surface area contributed by atoms with Crippen LogP contribution in [-0.2, 0) is 0 Å². The van der Waals surface area contributed by atoms with Crippen molar-refractivity contribution in [3.8, 4) is 0 Å². The molecule has 1 unspecified atom stereocenters. The Morgan fingerprint density at radius 2 is 2.25 bits per heavy atom. The lowest BCUT2D eigenvalue weighted by molar-refractivity contribution is 0.151. The van der Waals surface area contributed by atoms with Crippen molar-refractivity contribution in [3.05, 3.63) is 0 Å². The molecule has 1 aliphatic heterocycles. The number of aliphatic hydroxyl groups excluding tert-OH is 1. The monoisotopic (exact) mass is 116 g/mol. The summed E-state index contributed by atoms with van der Waals surface area (Å²) < 4.78 is 0.